The molecule has 4 amide bonds. The molecule has 1 saturated heterocycles. The molecule has 2 saturated carbocycles. The molecule has 3 N–H and O–H groups in total. The van der Waals surface area contributed by atoms with Crippen molar-refractivity contribution in [3.05, 3.63) is 36.0 Å². The number of nitrogens with zero attached hydrogens (tertiary/aromatic N) is 4. The van der Waals surface area contributed by atoms with E-state index in [9.17, 15) is 41.1 Å². The van der Waals surface area contributed by atoms with Gasteiger partial charge in [-0.15, -0.1) is 0 Å². The topological polar surface area (TPSA) is 197 Å². The summed E-state index contributed by atoms with van der Waals surface area (Å²) in [4.78, 5) is 67.8. The Bertz CT molecular complexity index is 2200. The summed E-state index contributed by atoms with van der Waals surface area (Å²) in [5.74, 6) is -4.21. The van der Waals surface area contributed by atoms with Crippen LogP contribution in [0.25, 0.3) is 11.0 Å². The molecular weight excluding hydrogens is 822 g/mol. The third-order valence-corrected chi connectivity index (χ3v) is 15.2. The highest BCUT2D eigenvalue weighted by Crippen LogP contribution is 2.48. The lowest BCUT2D eigenvalue weighted by Crippen LogP contribution is -2.66. The lowest BCUT2D eigenvalue weighted by atomic mass is 9.82. The first-order valence-corrected chi connectivity index (χ1v) is 22.3. The van der Waals surface area contributed by atoms with E-state index in [4.69, 9.17) is 19.4 Å². The Morgan fingerprint density at radius 3 is 2.41 bits per heavy atom. The van der Waals surface area contributed by atoms with Crippen molar-refractivity contribution in [3.8, 4) is 11.6 Å². The van der Waals surface area contributed by atoms with E-state index < -0.39 is 85.9 Å². The number of hydrogen-bond donors (Lipinski definition) is 3. The van der Waals surface area contributed by atoms with Crippen LogP contribution in [0.1, 0.15) is 111 Å². The molecule has 1 aromatic carbocycles. The number of nitrogens with one attached hydrogen (secondary N) is 2. The van der Waals surface area contributed by atoms with Gasteiger partial charge in [0.05, 0.1) is 29.4 Å². The van der Waals surface area contributed by atoms with Gasteiger partial charge >= 0.3 is 12.3 Å². The minimum atomic E-state index is -5.10. The van der Waals surface area contributed by atoms with Gasteiger partial charge in [0.25, 0.3) is 5.91 Å². The van der Waals surface area contributed by atoms with Gasteiger partial charge in [0.1, 0.15) is 40.7 Å². The van der Waals surface area contributed by atoms with Crippen LogP contribution in [0.15, 0.2) is 30.4 Å². The Kier molecular flexibility index (Phi) is 12.4. The van der Waals surface area contributed by atoms with E-state index in [0.29, 0.717) is 62.0 Å². The fraction of sp³-hybridized carbons (Fsp3) is 0.667. The van der Waals surface area contributed by atoms with Crippen LogP contribution in [0.4, 0.5) is 18.0 Å². The van der Waals surface area contributed by atoms with Crippen LogP contribution in [-0.4, -0.2) is 111 Å². The van der Waals surface area contributed by atoms with Gasteiger partial charge in [-0.3, -0.25) is 24.0 Å². The number of ether oxygens (including phenoxy) is 2. The summed E-state index contributed by atoms with van der Waals surface area (Å²) in [6.45, 7) is 9.85. The van der Waals surface area contributed by atoms with Crippen LogP contribution >= 0.6 is 0 Å². The Balaban J connectivity index is 1.46. The monoisotopic (exact) mass is 878 g/mol. The fourth-order valence-corrected chi connectivity index (χ4v) is 9.86. The van der Waals surface area contributed by atoms with Crippen LogP contribution in [0.2, 0.25) is 0 Å². The van der Waals surface area contributed by atoms with E-state index in [1.807, 2.05) is 26.8 Å². The average molecular weight is 879 g/mol. The number of alkyl halides is 3. The van der Waals surface area contributed by atoms with E-state index >= 15 is 4.79 Å². The zero-order valence-corrected chi connectivity index (χ0v) is 36.7. The van der Waals surface area contributed by atoms with Gasteiger partial charge < -0.3 is 24.8 Å². The number of methoxy groups -OCH3 is 1. The molecule has 15 nitrogen and oxygen atoms in total. The predicted molar refractivity (Wildman–Crippen MR) is 218 cm³/mol. The van der Waals surface area contributed by atoms with E-state index in [1.54, 1.807) is 31.2 Å². The number of hydrogen-bond acceptors (Lipinski definition) is 10. The highest BCUT2D eigenvalue weighted by atomic mass is 32.2. The quantitative estimate of drug-likeness (QED) is 0.234. The third-order valence-electron chi connectivity index (χ3n) is 13.0. The van der Waals surface area contributed by atoms with Crippen molar-refractivity contribution in [2.45, 2.75) is 146 Å². The summed E-state index contributed by atoms with van der Waals surface area (Å²) in [5.41, 5.74) is -3.36. The zero-order valence-electron chi connectivity index (χ0n) is 35.8. The zero-order chi connectivity index (χ0) is 45.0. The van der Waals surface area contributed by atoms with Crippen molar-refractivity contribution in [1.82, 2.24) is 29.8 Å². The molecule has 2 aliphatic heterocycles. The summed E-state index contributed by atoms with van der Waals surface area (Å²) in [5, 5.41) is 13.4. The van der Waals surface area contributed by atoms with E-state index in [1.165, 1.54) is 14.0 Å². The molecule has 3 heterocycles. The third kappa shape index (κ3) is 8.85. The first-order chi connectivity index (χ1) is 28.4. The summed E-state index contributed by atoms with van der Waals surface area (Å²) in [7, 11) is -2.64. The second-order valence-electron chi connectivity index (χ2n) is 18.2. The lowest BCUT2D eigenvalue weighted by molar-refractivity contribution is -0.222. The second kappa shape index (κ2) is 16.5. The van der Waals surface area contributed by atoms with Gasteiger partial charge in [0, 0.05) is 24.3 Å². The maximum atomic E-state index is 15.2. The number of carbonyl (C=O) groups excluding carboxylic acids is 3. The molecule has 19 heteroatoms. The molecule has 4 aliphatic rings. The van der Waals surface area contributed by atoms with Crippen molar-refractivity contribution in [1.29, 1.82) is 0 Å². The molecular formula is C42H57F3N6O9S. The number of benzene rings is 1. The summed E-state index contributed by atoms with van der Waals surface area (Å²) in [6.07, 6.45) is -2.73. The van der Waals surface area contributed by atoms with Crippen LogP contribution in [0.5, 0.6) is 11.6 Å². The Labute approximate surface area is 354 Å². The number of rotatable bonds is 10. The van der Waals surface area contributed by atoms with E-state index in [-0.39, 0.29) is 54.8 Å². The molecule has 61 heavy (non-hydrogen) atoms. The van der Waals surface area contributed by atoms with Crippen LogP contribution in [-0.2, 0) is 24.4 Å². The minimum Gasteiger partial charge on any atom is -0.497 e. The summed E-state index contributed by atoms with van der Waals surface area (Å²) < 4.78 is 84.0. The average Bonchev–Trinajstić information content (AvgIpc) is 4.06. The molecule has 3 fully saturated rings. The molecule has 0 bridgehead atoms. The Morgan fingerprint density at radius 1 is 1.13 bits per heavy atom. The summed E-state index contributed by atoms with van der Waals surface area (Å²) in [6, 6.07) is 1.73. The van der Waals surface area contributed by atoms with Crippen molar-refractivity contribution < 1.29 is 55.3 Å². The number of allylic oxidation sites excluding steroid dienone is 1. The van der Waals surface area contributed by atoms with Gasteiger partial charge in [-0.25, -0.2) is 23.2 Å². The molecule has 0 radical (unpaired) electrons. The van der Waals surface area contributed by atoms with Crippen molar-refractivity contribution in [2.24, 2.45) is 17.8 Å². The highest BCUT2D eigenvalue weighted by Gasteiger charge is 2.64. The van der Waals surface area contributed by atoms with Gasteiger partial charge in [0.2, 0.25) is 27.7 Å². The number of amides is 4. The SMILES string of the molecule is CC[C@@H]1C[C@H](C)CCC=C[C@@H]2C[C@@]2(C(=O)NS(=O)(=O)C2(C)CC2)NC(=O)[C@@H]2C[C@@H](Oc3nc4cc(OC)ccc4nc3C(C)C)CN2C(=O)[C@H]1N(C(=O)O)C(C)(C)C(F)(F)F. The van der Waals surface area contributed by atoms with Crippen LogP contribution < -0.4 is 19.5 Å². The van der Waals surface area contributed by atoms with Gasteiger partial charge in [-0.05, 0) is 83.3 Å². The molecule has 0 unspecified atom stereocenters. The molecule has 2 aromatic rings. The summed E-state index contributed by atoms with van der Waals surface area (Å²) >= 11 is 0. The first-order valence-electron chi connectivity index (χ1n) is 20.9. The number of aromatic nitrogens is 2. The molecule has 7 atom stereocenters. The smallest absolute Gasteiger partial charge is 0.411 e. The van der Waals surface area contributed by atoms with Crippen LogP contribution in [0.3, 0.4) is 0 Å². The Hall–Kier alpha value is -4.68. The largest absolute Gasteiger partial charge is 0.497 e. The number of carbonyl (C=O) groups is 4. The van der Waals surface area contributed by atoms with Gasteiger partial charge in [0.15, 0.2) is 0 Å². The fourth-order valence-electron chi connectivity index (χ4n) is 8.55. The maximum Gasteiger partial charge on any atom is 0.411 e. The molecule has 2 aliphatic carbocycles. The number of carboxylic acid groups (broad SMARTS) is 1. The molecule has 336 valence electrons. The van der Waals surface area contributed by atoms with Crippen molar-refractivity contribution >= 4 is 44.9 Å². The lowest BCUT2D eigenvalue weighted by Gasteiger charge is -2.46. The van der Waals surface area contributed by atoms with Crippen molar-refractivity contribution in [2.75, 3.05) is 13.7 Å². The van der Waals surface area contributed by atoms with Crippen LogP contribution in [0, 0.1) is 17.8 Å². The van der Waals surface area contributed by atoms with E-state index in [2.05, 4.69) is 10.0 Å². The molecule has 0 spiro atoms. The Morgan fingerprint density at radius 2 is 1.82 bits per heavy atom. The normalized spacial score (nSPS) is 28.2. The van der Waals surface area contributed by atoms with Gasteiger partial charge in [-0.2, -0.15) is 13.2 Å². The van der Waals surface area contributed by atoms with Gasteiger partial charge in [-0.1, -0.05) is 46.3 Å². The minimum absolute atomic E-state index is 0.0461. The van der Waals surface area contributed by atoms with E-state index in [0.717, 1.165) is 4.90 Å². The predicted octanol–water partition coefficient (Wildman–Crippen LogP) is 6.08. The second-order valence-corrected chi connectivity index (χ2v) is 20.4. The first kappa shape index (κ1) is 45.8. The number of sulfonamides is 1. The number of halogens is 3. The van der Waals surface area contributed by atoms with Crippen molar-refractivity contribution in [3.63, 3.8) is 0 Å². The molecule has 1 aromatic heterocycles. The molecule has 6 rings (SSSR count). The standard InChI is InChI=1S/C42H57F3N6O9S/c1-9-25-18-24(4)12-10-11-13-26-21-41(26,37(54)49-61(57,58)40(7)16-17-40)48-34(52)31-20-28(22-50(31)36(53)33(25)51(38(55)56)39(5,6)42(43,44)45)60-35-32(23(2)3)46-29-15-14-27(59-8)19-30(29)47-35/h11,13-15,19,23-26,28,31,33H,9-10,12,16-18,20-22H2,1-8H3,(H,48,52)(H,49,54)(H,55,56)/t24-,25-,26-,28-,31+,33+,41-/m1/s1. The maximum absolute atomic E-state index is 15.2. The number of fused-ring (bicyclic) bond motifs is 3. The highest BCUT2D eigenvalue weighted by molar-refractivity contribution is 7.91.